The van der Waals surface area contributed by atoms with E-state index in [2.05, 4.69) is 10.6 Å². The zero-order chi connectivity index (χ0) is 17.4. The molecule has 24 heavy (non-hydrogen) atoms. The summed E-state index contributed by atoms with van der Waals surface area (Å²) in [5, 5.41) is 5.54. The van der Waals surface area contributed by atoms with Crippen LogP contribution in [0.1, 0.15) is 27.9 Å². The first-order chi connectivity index (χ1) is 11.6. The van der Waals surface area contributed by atoms with Gasteiger partial charge in [-0.05, 0) is 36.6 Å². The highest BCUT2D eigenvalue weighted by molar-refractivity contribution is 6.03. The summed E-state index contributed by atoms with van der Waals surface area (Å²) in [5.41, 5.74) is 8.68. The smallest absolute Gasteiger partial charge is 0.253 e. The molecule has 2 rings (SSSR count). The van der Waals surface area contributed by atoms with Crippen LogP contribution in [0.25, 0.3) is 0 Å². The van der Waals surface area contributed by atoms with Crippen LogP contribution in [0.4, 0.5) is 5.69 Å². The van der Waals surface area contributed by atoms with Gasteiger partial charge in [0.1, 0.15) is 0 Å². The monoisotopic (exact) mass is 325 g/mol. The van der Waals surface area contributed by atoms with Crippen LogP contribution in [0.3, 0.4) is 0 Å². The van der Waals surface area contributed by atoms with E-state index >= 15 is 0 Å². The minimum Gasteiger partial charge on any atom is -0.351 e. The third kappa shape index (κ3) is 4.93. The van der Waals surface area contributed by atoms with Gasteiger partial charge in [0.2, 0.25) is 5.91 Å². The van der Waals surface area contributed by atoms with Crippen molar-refractivity contribution in [2.45, 2.75) is 19.8 Å². The summed E-state index contributed by atoms with van der Waals surface area (Å²) in [6.45, 7) is 2.80. The van der Waals surface area contributed by atoms with Gasteiger partial charge in [-0.1, -0.05) is 36.4 Å². The van der Waals surface area contributed by atoms with Crippen molar-refractivity contribution in [3.8, 4) is 0 Å². The van der Waals surface area contributed by atoms with Gasteiger partial charge in [-0.2, -0.15) is 0 Å². The molecule has 2 amide bonds. The number of carbonyl (C=O) groups is 2. The molecule has 0 atom stereocenters. The topological polar surface area (TPSA) is 84.2 Å². The number of carbonyl (C=O) groups excluding carboxylic acids is 2. The van der Waals surface area contributed by atoms with Gasteiger partial charge in [-0.15, -0.1) is 0 Å². The summed E-state index contributed by atoms with van der Waals surface area (Å²) < 4.78 is 0. The molecule has 2 aromatic rings. The summed E-state index contributed by atoms with van der Waals surface area (Å²) in [5.74, 6) is -0.354. The number of hydrogen-bond donors (Lipinski definition) is 3. The molecule has 0 aromatic heterocycles. The average molecular weight is 325 g/mol. The fourth-order valence-electron chi connectivity index (χ4n) is 2.42. The van der Waals surface area contributed by atoms with Crippen molar-refractivity contribution < 1.29 is 9.59 Å². The zero-order valence-corrected chi connectivity index (χ0v) is 13.8. The van der Waals surface area contributed by atoms with E-state index in [0.717, 1.165) is 5.56 Å². The van der Waals surface area contributed by atoms with Crippen LogP contribution < -0.4 is 16.4 Å². The highest BCUT2D eigenvalue weighted by Crippen LogP contribution is 2.16. The van der Waals surface area contributed by atoms with Gasteiger partial charge in [0, 0.05) is 19.5 Å². The largest absolute Gasteiger partial charge is 0.351 e. The molecule has 0 saturated carbocycles. The first-order valence-electron chi connectivity index (χ1n) is 8.03. The zero-order valence-electron chi connectivity index (χ0n) is 13.8. The fourth-order valence-corrected chi connectivity index (χ4v) is 2.42. The third-order valence-corrected chi connectivity index (χ3v) is 3.76. The molecule has 0 heterocycles. The lowest BCUT2D eigenvalue weighted by molar-refractivity contribution is -0.116. The van der Waals surface area contributed by atoms with Crippen LogP contribution in [0.15, 0.2) is 48.5 Å². The van der Waals surface area contributed by atoms with Crippen LogP contribution >= 0.6 is 0 Å². The number of para-hydroxylation sites is 1. The quantitative estimate of drug-likeness (QED) is 0.730. The van der Waals surface area contributed by atoms with Gasteiger partial charge in [0.15, 0.2) is 0 Å². The lowest BCUT2D eigenvalue weighted by Crippen LogP contribution is -2.30. The van der Waals surface area contributed by atoms with E-state index in [1.165, 1.54) is 5.56 Å². The van der Waals surface area contributed by atoms with Crippen molar-refractivity contribution in [2.75, 3.05) is 18.4 Å². The lowest BCUT2D eigenvalue weighted by atomic mass is 10.0. The number of nitrogens with two attached hydrogens (primary N) is 1. The Kier molecular flexibility index (Phi) is 6.51. The summed E-state index contributed by atoms with van der Waals surface area (Å²) in [7, 11) is 0. The van der Waals surface area contributed by atoms with Crippen molar-refractivity contribution in [2.24, 2.45) is 5.73 Å². The number of benzene rings is 2. The first-order valence-corrected chi connectivity index (χ1v) is 8.03. The molecule has 0 aliphatic heterocycles. The molecule has 0 spiro atoms. The number of hydrogen-bond acceptors (Lipinski definition) is 3. The molecule has 0 bridgehead atoms. The maximum absolute atomic E-state index is 12.2. The van der Waals surface area contributed by atoms with Crippen molar-refractivity contribution in [1.82, 2.24) is 5.32 Å². The second-order valence-corrected chi connectivity index (χ2v) is 5.56. The van der Waals surface area contributed by atoms with Crippen LogP contribution in [-0.4, -0.2) is 24.9 Å². The third-order valence-electron chi connectivity index (χ3n) is 3.76. The minimum atomic E-state index is -0.241. The number of aryl methyl sites for hydroxylation is 2. The van der Waals surface area contributed by atoms with Crippen LogP contribution in [0.2, 0.25) is 0 Å². The van der Waals surface area contributed by atoms with E-state index < -0.39 is 0 Å². The Bertz CT molecular complexity index is 713. The van der Waals surface area contributed by atoms with Crippen LogP contribution in [0.5, 0.6) is 0 Å². The molecule has 0 aliphatic rings. The van der Waals surface area contributed by atoms with Crippen molar-refractivity contribution in [1.29, 1.82) is 0 Å². The Hall–Kier alpha value is -2.66. The number of anilines is 1. The average Bonchev–Trinajstić information content (AvgIpc) is 2.59. The van der Waals surface area contributed by atoms with Gasteiger partial charge in [-0.3, -0.25) is 9.59 Å². The molecule has 5 heteroatoms. The Labute approximate surface area is 142 Å². The number of rotatable bonds is 7. The van der Waals surface area contributed by atoms with E-state index in [0.29, 0.717) is 37.2 Å². The van der Waals surface area contributed by atoms with Crippen molar-refractivity contribution in [3.63, 3.8) is 0 Å². The van der Waals surface area contributed by atoms with Crippen molar-refractivity contribution in [3.05, 3.63) is 65.2 Å². The van der Waals surface area contributed by atoms with Gasteiger partial charge >= 0.3 is 0 Å². The summed E-state index contributed by atoms with van der Waals surface area (Å²) in [6, 6.07) is 15.0. The summed E-state index contributed by atoms with van der Waals surface area (Å²) in [4.78, 5) is 24.3. The number of nitrogens with one attached hydrogen (secondary N) is 2. The molecular formula is C19H23N3O2. The fraction of sp³-hybridized carbons (Fsp3) is 0.263. The van der Waals surface area contributed by atoms with E-state index in [-0.39, 0.29) is 11.8 Å². The molecule has 0 radical (unpaired) electrons. The van der Waals surface area contributed by atoms with E-state index in [1.807, 2.05) is 31.2 Å². The predicted octanol–water partition coefficient (Wildman–Crippen LogP) is 2.25. The molecular weight excluding hydrogens is 302 g/mol. The maximum atomic E-state index is 12.2. The van der Waals surface area contributed by atoms with Gasteiger partial charge in [0.05, 0.1) is 11.3 Å². The van der Waals surface area contributed by atoms with Crippen molar-refractivity contribution >= 4 is 17.5 Å². The molecule has 126 valence electrons. The highest BCUT2D eigenvalue weighted by Gasteiger charge is 2.12. The molecule has 0 fully saturated rings. The second-order valence-electron chi connectivity index (χ2n) is 5.56. The SMILES string of the molecule is Cc1ccccc1CCC(=O)Nc1ccccc1C(=O)NCCN. The molecule has 0 aliphatic carbocycles. The minimum absolute atomic E-state index is 0.114. The second kappa shape index (κ2) is 8.84. The Balaban J connectivity index is 1.99. The van der Waals surface area contributed by atoms with Gasteiger partial charge in [-0.25, -0.2) is 0 Å². The van der Waals surface area contributed by atoms with E-state index in [4.69, 9.17) is 5.73 Å². The van der Waals surface area contributed by atoms with E-state index in [9.17, 15) is 9.59 Å². The van der Waals surface area contributed by atoms with Crippen LogP contribution in [-0.2, 0) is 11.2 Å². The number of amides is 2. The Morgan fingerprint density at radius 3 is 2.50 bits per heavy atom. The summed E-state index contributed by atoms with van der Waals surface area (Å²) in [6.07, 6.45) is 1.03. The summed E-state index contributed by atoms with van der Waals surface area (Å²) >= 11 is 0. The molecule has 4 N–H and O–H groups in total. The molecule has 5 nitrogen and oxygen atoms in total. The molecule has 0 saturated heterocycles. The normalized spacial score (nSPS) is 10.2. The molecule has 2 aromatic carbocycles. The van der Waals surface area contributed by atoms with Crippen LogP contribution in [0, 0.1) is 6.92 Å². The Morgan fingerprint density at radius 1 is 1.04 bits per heavy atom. The standard InChI is InChI=1S/C19H23N3O2/c1-14-6-2-3-7-15(14)10-11-18(23)22-17-9-5-4-8-16(17)19(24)21-13-12-20/h2-9H,10-13,20H2,1H3,(H,21,24)(H,22,23). The Morgan fingerprint density at radius 2 is 1.75 bits per heavy atom. The first kappa shape index (κ1) is 17.7. The lowest BCUT2D eigenvalue weighted by Gasteiger charge is -2.11. The van der Waals surface area contributed by atoms with Gasteiger partial charge < -0.3 is 16.4 Å². The predicted molar refractivity (Wildman–Crippen MR) is 96.0 cm³/mol. The highest BCUT2D eigenvalue weighted by atomic mass is 16.2. The maximum Gasteiger partial charge on any atom is 0.253 e. The molecule has 0 unspecified atom stereocenters. The van der Waals surface area contributed by atoms with Gasteiger partial charge in [0.25, 0.3) is 5.91 Å². The van der Waals surface area contributed by atoms with E-state index in [1.54, 1.807) is 24.3 Å².